The molecule has 3 fully saturated rings. The molecule has 2 aromatic rings. The molecule has 5 rings (SSSR count). The highest BCUT2D eigenvalue weighted by atomic mass is 16.7. The number of hydrogen-bond acceptors (Lipinski definition) is 7. The Morgan fingerprint density at radius 3 is 2.45 bits per heavy atom. The van der Waals surface area contributed by atoms with Gasteiger partial charge in [0.15, 0.2) is 5.79 Å². The van der Waals surface area contributed by atoms with Crippen molar-refractivity contribution in [2.24, 2.45) is 0 Å². The highest BCUT2D eigenvalue weighted by Gasteiger charge is 2.40. The Morgan fingerprint density at radius 1 is 1.03 bits per heavy atom. The van der Waals surface area contributed by atoms with Crippen molar-refractivity contribution in [3.63, 3.8) is 0 Å². The summed E-state index contributed by atoms with van der Waals surface area (Å²) in [6, 6.07) is 9.51. The third kappa shape index (κ3) is 4.60. The summed E-state index contributed by atoms with van der Waals surface area (Å²) in [5.41, 5.74) is 3.32. The lowest BCUT2D eigenvalue weighted by molar-refractivity contribution is -0.169. The van der Waals surface area contributed by atoms with Gasteiger partial charge in [0.1, 0.15) is 5.82 Å². The SMILES string of the molecule is C[C@@H]1CN(Cc2ccc(-c3cccnc3N3CCC4(CC3)OCCO4)nc2)C[C@H](C)N1. The fourth-order valence-electron chi connectivity index (χ4n) is 5.20. The average molecular weight is 424 g/mol. The van der Waals surface area contributed by atoms with Crippen LogP contribution >= 0.6 is 0 Å². The number of nitrogens with one attached hydrogen (secondary N) is 1. The fourth-order valence-corrected chi connectivity index (χ4v) is 5.20. The van der Waals surface area contributed by atoms with Crippen LogP contribution in [0, 0.1) is 0 Å². The molecule has 0 aromatic carbocycles. The van der Waals surface area contributed by atoms with Gasteiger partial charge >= 0.3 is 0 Å². The summed E-state index contributed by atoms with van der Waals surface area (Å²) in [5, 5.41) is 3.59. The van der Waals surface area contributed by atoms with Gasteiger partial charge in [-0.05, 0) is 37.6 Å². The second kappa shape index (κ2) is 8.82. The Balaban J connectivity index is 1.29. The summed E-state index contributed by atoms with van der Waals surface area (Å²) < 4.78 is 11.8. The molecule has 1 N–H and O–H groups in total. The zero-order chi connectivity index (χ0) is 21.3. The van der Waals surface area contributed by atoms with Gasteiger partial charge in [0, 0.05) is 75.6 Å². The molecule has 5 heterocycles. The second-order valence-corrected chi connectivity index (χ2v) is 9.18. The van der Waals surface area contributed by atoms with Gasteiger partial charge in [0.25, 0.3) is 0 Å². The van der Waals surface area contributed by atoms with E-state index in [-0.39, 0.29) is 5.79 Å². The number of aromatic nitrogens is 2. The van der Waals surface area contributed by atoms with Crippen molar-refractivity contribution in [3.8, 4) is 11.3 Å². The number of piperazine rings is 1. The molecule has 3 aliphatic rings. The van der Waals surface area contributed by atoms with E-state index in [0.29, 0.717) is 25.3 Å². The standard InChI is InChI=1S/C24H33N5O2/c1-18-15-28(16-19(2)27-18)17-20-5-6-22(26-14-20)21-4-3-9-25-23(21)29-10-7-24(8-11-29)30-12-13-31-24/h3-6,9,14,18-19,27H,7-8,10-13,15-17H2,1-2H3/t18-,19+. The van der Waals surface area contributed by atoms with Crippen LogP contribution in [-0.4, -0.2) is 72.1 Å². The van der Waals surface area contributed by atoms with Gasteiger partial charge in [-0.3, -0.25) is 9.88 Å². The summed E-state index contributed by atoms with van der Waals surface area (Å²) in [6.45, 7) is 10.8. The summed E-state index contributed by atoms with van der Waals surface area (Å²) >= 11 is 0. The predicted molar refractivity (Wildman–Crippen MR) is 121 cm³/mol. The van der Waals surface area contributed by atoms with E-state index in [1.807, 2.05) is 18.5 Å². The molecule has 7 heteroatoms. The molecule has 166 valence electrons. The van der Waals surface area contributed by atoms with Gasteiger partial charge in [-0.2, -0.15) is 0 Å². The van der Waals surface area contributed by atoms with E-state index in [2.05, 4.69) is 47.2 Å². The lowest BCUT2D eigenvalue weighted by Crippen LogP contribution is -2.53. The molecule has 0 unspecified atom stereocenters. The van der Waals surface area contributed by atoms with Crippen molar-refractivity contribution >= 4 is 5.82 Å². The molecular formula is C24H33N5O2. The normalized spacial score (nSPS) is 26.5. The molecular weight excluding hydrogens is 390 g/mol. The maximum atomic E-state index is 5.88. The second-order valence-electron chi connectivity index (χ2n) is 9.18. The Morgan fingerprint density at radius 2 is 1.77 bits per heavy atom. The first-order chi connectivity index (χ1) is 15.1. The number of pyridine rings is 2. The maximum absolute atomic E-state index is 5.88. The van der Waals surface area contributed by atoms with Crippen LogP contribution < -0.4 is 10.2 Å². The van der Waals surface area contributed by atoms with Crippen molar-refractivity contribution in [1.29, 1.82) is 0 Å². The van der Waals surface area contributed by atoms with E-state index < -0.39 is 0 Å². The van der Waals surface area contributed by atoms with Crippen LogP contribution in [0.4, 0.5) is 5.82 Å². The number of nitrogens with zero attached hydrogens (tertiary/aromatic N) is 4. The molecule has 0 amide bonds. The monoisotopic (exact) mass is 423 g/mol. The molecule has 1 spiro atoms. The van der Waals surface area contributed by atoms with E-state index in [0.717, 1.165) is 62.6 Å². The molecule has 2 atom stereocenters. The highest BCUT2D eigenvalue weighted by Crippen LogP contribution is 2.35. The number of hydrogen-bond donors (Lipinski definition) is 1. The zero-order valence-corrected chi connectivity index (χ0v) is 18.6. The van der Waals surface area contributed by atoms with Crippen LogP contribution in [0.5, 0.6) is 0 Å². The first-order valence-corrected chi connectivity index (χ1v) is 11.5. The van der Waals surface area contributed by atoms with Gasteiger partial charge < -0.3 is 19.7 Å². The fraction of sp³-hybridized carbons (Fsp3) is 0.583. The number of rotatable bonds is 4. The Bertz CT molecular complexity index is 864. The summed E-state index contributed by atoms with van der Waals surface area (Å²) in [4.78, 5) is 14.4. The van der Waals surface area contributed by atoms with Gasteiger partial charge in [0.05, 0.1) is 18.9 Å². The smallest absolute Gasteiger partial charge is 0.171 e. The summed E-state index contributed by atoms with van der Waals surface area (Å²) in [6.07, 6.45) is 5.63. The minimum Gasteiger partial charge on any atom is -0.356 e. The van der Waals surface area contributed by atoms with E-state index in [1.165, 1.54) is 5.56 Å². The molecule has 0 aliphatic carbocycles. The average Bonchev–Trinajstić information content (AvgIpc) is 3.22. The van der Waals surface area contributed by atoms with Gasteiger partial charge in [0.2, 0.25) is 0 Å². The van der Waals surface area contributed by atoms with Crippen LogP contribution in [-0.2, 0) is 16.0 Å². The minimum absolute atomic E-state index is 0.371. The van der Waals surface area contributed by atoms with Crippen molar-refractivity contribution < 1.29 is 9.47 Å². The number of ether oxygens (including phenoxy) is 2. The molecule has 2 aromatic heterocycles. The molecule has 7 nitrogen and oxygen atoms in total. The van der Waals surface area contributed by atoms with Crippen LogP contribution in [0.15, 0.2) is 36.7 Å². The predicted octanol–water partition coefficient (Wildman–Crippen LogP) is 2.67. The van der Waals surface area contributed by atoms with Crippen molar-refractivity contribution in [2.45, 2.75) is 51.1 Å². The molecule has 0 radical (unpaired) electrons. The van der Waals surface area contributed by atoms with Gasteiger partial charge in [-0.15, -0.1) is 0 Å². The van der Waals surface area contributed by atoms with E-state index in [4.69, 9.17) is 19.4 Å². The van der Waals surface area contributed by atoms with E-state index in [9.17, 15) is 0 Å². The van der Waals surface area contributed by atoms with Crippen LogP contribution in [0.1, 0.15) is 32.3 Å². The van der Waals surface area contributed by atoms with Crippen molar-refractivity contribution in [3.05, 3.63) is 42.2 Å². The summed E-state index contributed by atoms with van der Waals surface area (Å²) in [5.74, 6) is 0.630. The lowest BCUT2D eigenvalue weighted by atomic mass is 10.0. The lowest BCUT2D eigenvalue weighted by Gasteiger charge is -2.38. The van der Waals surface area contributed by atoms with E-state index >= 15 is 0 Å². The maximum Gasteiger partial charge on any atom is 0.171 e. The third-order valence-corrected chi connectivity index (χ3v) is 6.57. The topological polar surface area (TPSA) is 62.8 Å². The third-order valence-electron chi connectivity index (χ3n) is 6.57. The zero-order valence-electron chi connectivity index (χ0n) is 18.6. The Kier molecular flexibility index (Phi) is 5.93. The van der Waals surface area contributed by atoms with Crippen LogP contribution in [0.25, 0.3) is 11.3 Å². The first-order valence-electron chi connectivity index (χ1n) is 11.5. The van der Waals surface area contributed by atoms with Crippen LogP contribution in [0.3, 0.4) is 0 Å². The van der Waals surface area contributed by atoms with Crippen molar-refractivity contribution in [2.75, 3.05) is 44.3 Å². The highest BCUT2D eigenvalue weighted by molar-refractivity contribution is 5.73. The molecule has 3 saturated heterocycles. The number of anilines is 1. The Hall–Kier alpha value is -2.06. The Labute approximate surface area is 184 Å². The molecule has 0 saturated carbocycles. The molecule has 0 bridgehead atoms. The van der Waals surface area contributed by atoms with Crippen molar-refractivity contribution in [1.82, 2.24) is 20.2 Å². The molecule has 3 aliphatic heterocycles. The first kappa shape index (κ1) is 20.8. The van der Waals surface area contributed by atoms with Gasteiger partial charge in [-0.1, -0.05) is 6.07 Å². The van der Waals surface area contributed by atoms with Crippen LogP contribution in [0.2, 0.25) is 0 Å². The largest absolute Gasteiger partial charge is 0.356 e. The van der Waals surface area contributed by atoms with Gasteiger partial charge in [-0.25, -0.2) is 4.98 Å². The minimum atomic E-state index is -0.371. The summed E-state index contributed by atoms with van der Waals surface area (Å²) in [7, 11) is 0. The molecule has 31 heavy (non-hydrogen) atoms. The van der Waals surface area contributed by atoms with E-state index in [1.54, 1.807) is 0 Å². The quantitative estimate of drug-likeness (QED) is 0.811. The number of piperidine rings is 1.